The average molecular weight is 236 g/mol. The molecular formula is C14H20OS. The molecule has 1 unspecified atom stereocenters. The van der Waals surface area contributed by atoms with Crippen molar-refractivity contribution in [2.24, 2.45) is 0 Å². The molecule has 88 valence electrons. The van der Waals surface area contributed by atoms with Gasteiger partial charge in [0.15, 0.2) is 0 Å². The molecule has 1 aromatic carbocycles. The quantitative estimate of drug-likeness (QED) is 0.768. The van der Waals surface area contributed by atoms with Crippen molar-refractivity contribution in [1.82, 2.24) is 0 Å². The first-order valence-electron chi connectivity index (χ1n) is 6.14. The van der Waals surface area contributed by atoms with Crippen LogP contribution < -0.4 is 0 Å². The summed E-state index contributed by atoms with van der Waals surface area (Å²) in [5.41, 5.74) is 1.78. The summed E-state index contributed by atoms with van der Waals surface area (Å²) in [5, 5.41) is 0. The van der Waals surface area contributed by atoms with Gasteiger partial charge in [-0.1, -0.05) is 37.7 Å². The van der Waals surface area contributed by atoms with Gasteiger partial charge in [0.25, 0.3) is 0 Å². The second-order valence-corrected chi connectivity index (χ2v) is 5.87. The molecular weight excluding hydrogens is 216 g/mol. The second kappa shape index (κ2) is 5.74. The van der Waals surface area contributed by atoms with Gasteiger partial charge in [-0.2, -0.15) is 0 Å². The summed E-state index contributed by atoms with van der Waals surface area (Å²) in [7, 11) is 0. The van der Waals surface area contributed by atoms with Gasteiger partial charge >= 0.3 is 0 Å². The highest BCUT2D eigenvalue weighted by molar-refractivity contribution is 7.99. The summed E-state index contributed by atoms with van der Waals surface area (Å²) < 4.78 is 5.72. The van der Waals surface area contributed by atoms with Crippen LogP contribution in [0, 0.1) is 0 Å². The van der Waals surface area contributed by atoms with Gasteiger partial charge in [-0.3, -0.25) is 0 Å². The van der Waals surface area contributed by atoms with Crippen LogP contribution in [0.3, 0.4) is 0 Å². The van der Waals surface area contributed by atoms with Crippen molar-refractivity contribution in [3.05, 3.63) is 29.8 Å². The lowest BCUT2D eigenvalue weighted by molar-refractivity contribution is 0.0728. The highest BCUT2D eigenvalue weighted by Crippen LogP contribution is 2.30. The summed E-state index contributed by atoms with van der Waals surface area (Å²) in [6, 6.07) is 8.90. The molecule has 1 atom stereocenters. The maximum atomic E-state index is 5.72. The van der Waals surface area contributed by atoms with E-state index in [1.165, 1.54) is 29.7 Å². The molecule has 1 aliphatic rings. The lowest BCUT2D eigenvalue weighted by Gasteiger charge is -2.22. The lowest BCUT2D eigenvalue weighted by Crippen LogP contribution is -2.14. The van der Waals surface area contributed by atoms with E-state index >= 15 is 0 Å². The first-order chi connectivity index (χ1) is 7.75. The fourth-order valence-corrected chi connectivity index (χ4v) is 2.93. The van der Waals surface area contributed by atoms with Crippen molar-refractivity contribution >= 4 is 11.8 Å². The Morgan fingerprint density at radius 3 is 2.50 bits per heavy atom. The van der Waals surface area contributed by atoms with Crippen LogP contribution in [0.5, 0.6) is 0 Å². The topological polar surface area (TPSA) is 9.23 Å². The predicted octanol–water partition coefficient (Wildman–Crippen LogP) is 4.43. The first-order valence-corrected chi connectivity index (χ1v) is 7.02. The SMILES string of the molecule is CC(C)c1ccc(SC2CCCCO2)cc1. The van der Waals surface area contributed by atoms with Crippen LogP contribution in [-0.4, -0.2) is 12.0 Å². The first kappa shape index (κ1) is 12.0. The third kappa shape index (κ3) is 3.26. The highest BCUT2D eigenvalue weighted by atomic mass is 32.2. The smallest absolute Gasteiger partial charge is 0.107 e. The third-order valence-corrected chi connectivity index (χ3v) is 4.13. The van der Waals surface area contributed by atoms with Crippen molar-refractivity contribution in [3.63, 3.8) is 0 Å². The maximum absolute atomic E-state index is 5.72. The molecule has 2 rings (SSSR count). The number of ether oxygens (including phenoxy) is 1. The molecule has 1 fully saturated rings. The van der Waals surface area contributed by atoms with E-state index in [1.54, 1.807) is 0 Å². The number of rotatable bonds is 3. The lowest BCUT2D eigenvalue weighted by atomic mass is 10.0. The Labute approximate surface area is 103 Å². The molecule has 0 amide bonds. The summed E-state index contributed by atoms with van der Waals surface area (Å²) >= 11 is 1.86. The standard InChI is InChI=1S/C14H20OS/c1-11(2)12-6-8-13(9-7-12)16-14-5-3-4-10-15-14/h6-9,11,14H,3-5,10H2,1-2H3. The average Bonchev–Trinajstić information content (AvgIpc) is 2.31. The fraction of sp³-hybridized carbons (Fsp3) is 0.571. The van der Waals surface area contributed by atoms with Crippen molar-refractivity contribution in [3.8, 4) is 0 Å². The van der Waals surface area contributed by atoms with Crippen LogP contribution in [0.15, 0.2) is 29.2 Å². The van der Waals surface area contributed by atoms with Gasteiger partial charge in [-0.05, 0) is 42.9 Å². The molecule has 1 saturated heterocycles. The molecule has 2 heteroatoms. The Hall–Kier alpha value is -0.470. The van der Waals surface area contributed by atoms with E-state index in [4.69, 9.17) is 4.74 Å². The third-order valence-electron chi connectivity index (χ3n) is 2.95. The van der Waals surface area contributed by atoms with Crippen molar-refractivity contribution < 1.29 is 4.74 Å². The zero-order valence-electron chi connectivity index (χ0n) is 10.1. The summed E-state index contributed by atoms with van der Waals surface area (Å²) in [4.78, 5) is 1.33. The molecule has 0 aliphatic carbocycles. The minimum Gasteiger partial charge on any atom is -0.367 e. The van der Waals surface area contributed by atoms with E-state index in [9.17, 15) is 0 Å². The zero-order chi connectivity index (χ0) is 11.4. The Bertz CT molecular complexity index is 312. The summed E-state index contributed by atoms with van der Waals surface area (Å²) in [5.74, 6) is 0.616. The van der Waals surface area contributed by atoms with E-state index in [1.807, 2.05) is 11.8 Å². The predicted molar refractivity (Wildman–Crippen MR) is 70.0 cm³/mol. The molecule has 1 aromatic rings. The van der Waals surface area contributed by atoms with E-state index in [-0.39, 0.29) is 0 Å². The van der Waals surface area contributed by atoms with E-state index in [2.05, 4.69) is 38.1 Å². The molecule has 1 heterocycles. The molecule has 0 bridgehead atoms. The number of thioether (sulfide) groups is 1. The second-order valence-electron chi connectivity index (χ2n) is 4.64. The number of hydrogen-bond acceptors (Lipinski definition) is 2. The van der Waals surface area contributed by atoms with Gasteiger partial charge in [0.2, 0.25) is 0 Å². The van der Waals surface area contributed by atoms with Crippen LogP contribution in [-0.2, 0) is 4.74 Å². The fourth-order valence-electron chi connectivity index (χ4n) is 1.89. The van der Waals surface area contributed by atoms with Crippen LogP contribution in [0.2, 0.25) is 0 Å². The molecule has 0 aromatic heterocycles. The highest BCUT2D eigenvalue weighted by Gasteiger charge is 2.14. The summed E-state index contributed by atoms with van der Waals surface area (Å²) in [6.45, 7) is 5.39. The zero-order valence-corrected chi connectivity index (χ0v) is 10.9. The molecule has 0 N–H and O–H groups in total. The largest absolute Gasteiger partial charge is 0.367 e. The Balaban J connectivity index is 1.93. The van der Waals surface area contributed by atoms with E-state index in [0.717, 1.165) is 6.61 Å². The minimum atomic E-state index is 0.374. The molecule has 1 nitrogen and oxygen atoms in total. The maximum Gasteiger partial charge on any atom is 0.107 e. The Morgan fingerprint density at radius 2 is 1.94 bits per heavy atom. The van der Waals surface area contributed by atoms with Gasteiger partial charge in [-0.15, -0.1) is 0 Å². The Morgan fingerprint density at radius 1 is 1.19 bits per heavy atom. The molecule has 16 heavy (non-hydrogen) atoms. The van der Waals surface area contributed by atoms with Crippen LogP contribution in [0.4, 0.5) is 0 Å². The molecule has 0 radical (unpaired) electrons. The number of hydrogen-bond donors (Lipinski definition) is 0. The summed E-state index contributed by atoms with van der Waals surface area (Å²) in [6.07, 6.45) is 3.72. The molecule has 1 aliphatic heterocycles. The van der Waals surface area contributed by atoms with E-state index < -0.39 is 0 Å². The van der Waals surface area contributed by atoms with Crippen molar-refractivity contribution in [2.75, 3.05) is 6.61 Å². The van der Waals surface area contributed by atoms with Crippen LogP contribution in [0.25, 0.3) is 0 Å². The van der Waals surface area contributed by atoms with Gasteiger partial charge in [0.05, 0.1) is 0 Å². The number of benzene rings is 1. The van der Waals surface area contributed by atoms with Crippen LogP contribution in [0.1, 0.15) is 44.6 Å². The minimum absolute atomic E-state index is 0.374. The van der Waals surface area contributed by atoms with Gasteiger partial charge in [0, 0.05) is 11.5 Å². The van der Waals surface area contributed by atoms with Gasteiger partial charge < -0.3 is 4.74 Å². The normalized spacial score (nSPS) is 21.3. The van der Waals surface area contributed by atoms with Gasteiger partial charge in [0.1, 0.15) is 5.44 Å². The van der Waals surface area contributed by atoms with Crippen LogP contribution >= 0.6 is 11.8 Å². The monoisotopic (exact) mass is 236 g/mol. The van der Waals surface area contributed by atoms with Crippen molar-refractivity contribution in [1.29, 1.82) is 0 Å². The van der Waals surface area contributed by atoms with Crippen molar-refractivity contribution in [2.45, 2.75) is 49.4 Å². The van der Waals surface area contributed by atoms with E-state index in [0.29, 0.717) is 11.4 Å². The molecule has 0 spiro atoms. The Kier molecular flexibility index (Phi) is 4.30. The molecule has 0 saturated carbocycles. The van der Waals surface area contributed by atoms with Gasteiger partial charge in [-0.25, -0.2) is 0 Å².